The zero-order valence-corrected chi connectivity index (χ0v) is 24.2. The number of allylic oxidation sites excluding steroid dienone is 1. The third-order valence-electron chi connectivity index (χ3n) is 6.62. The average molecular weight is 592 g/mol. The molecule has 0 radical (unpaired) electrons. The lowest BCUT2D eigenvalue weighted by Crippen LogP contribution is -2.39. The molecule has 0 bridgehead atoms. The number of anilines is 1. The van der Waals surface area contributed by atoms with Crippen molar-refractivity contribution in [3.05, 3.63) is 107 Å². The summed E-state index contributed by atoms with van der Waals surface area (Å²) in [7, 11) is 3.87. The van der Waals surface area contributed by atoms with Gasteiger partial charge in [-0.1, -0.05) is 35.1 Å². The normalized spacial score (nSPS) is 15.0. The second kappa shape index (κ2) is 11.2. The van der Waals surface area contributed by atoms with E-state index in [1.807, 2.05) is 43.3 Å². The monoisotopic (exact) mass is 591 g/mol. The van der Waals surface area contributed by atoms with Crippen LogP contribution in [-0.2, 0) is 9.53 Å². The van der Waals surface area contributed by atoms with Gasteiger partial charge in [0.1, 0.15) is 11.5 Å². The Labute approximate surface area is 243 Å². The summed E-state index contributed by atoms with van der Waals surface area (Å²) < 4.78 is 13.2. The number of fused-ring (bicyclic) bond motifs is 1. The molecule has 0 fully saturated rings. The number of hydrogen-bond donors (Lipinski definition) is 1. The van der Waals surface area contributed by atoms with E-state index in [4.69, 9.17) is 20.8 Å². The number of halogens is 1. The molecule has 0 unspecified atom stereocenters. The molecule has 9 nitrogen and oxygen atoms in total. The Hall–Kier alpha value is -4.41. The first-order valence-electron chi connectivity index (χ1n) is 12.7. The van der Waals surface area contributed by atoms with E-state index in [9.17, 15) is 19.5 Å². The summed E-state index contributed by atoms with van der Waals surface area (Å²) >= 11 is 7.48. The van der Waals surface area contributed by atoms with Crippen LogP contribution in [0.15, 0.2) is 80.1 Å². The molecule has 5 rings (SSSR count). The number of esters is 1. The third kappa shape index (κ3) is 5.36. The zero-order valence-electron chi connectivity index (χ0n) is 22.7. The first-order valence-corrected chi connectivity index (χ1v) is 13.9. The molecule has 41 heavy (non-hydrogen) atoms. The van der Waals surface area contributed by atoms with Crippen LogP contribution in [0.2, 0.25) is 5.02 Å². The van der Waals surface area contributed by atoms with Gasteiger partial charge in [-0.2, -0.15) is 0 Å². The fourth-order valence-electron chi connectivity index (χ4n) is 4.61. The highest BCUT2D eigenvalue weighted by Crippen LogP contribution is 2.32. The fourth-order valence-corrected chi connectivity index (χ4v) is 5.85. The fraction of sp³-hybridized carbons (Fsp3) is 0.200. The standard InChI is InChI=1S/C30H26ClN3O6S/c1-5-39-29(38)25-16(2)32-30-34(26(25)17-6-9-19(10-7-17)33(3)4)27(35)24(41-30)15-20-11-13-23(40-20)21-14-18(28(36)37)8-12-22(21)31/h6-15,26H,5H2,1-4H3,(H,36,37)/b24-15-/t26-/m1/s1. The van der Waals surface area contributed by atoms with Crippen LogP contribution < -0.4 is 19.8 Å². The van der Waals surface area contributed by atoms with Crippen LogP contribution in [0.4, 0.5) is 5.69 Å². The van der Waals surface area contributed by atoms with E-state index in [0.29, 0.717) is 42.7 Å². The van der Waals surface area contributed by atoms with Crippen LogP contribution in [0.1, 0.15) is 41.6 Å². The van der Waals surface area contributed by atoms with Gasteiger partial charge in [0.15, 0.2) is 4.80 Å². The number of hydrogen-bond acceptors (Lipinski definition) is 8. The van der Waals surface area contributed by atoms with Gasteiger partial charge in [0, 0.05) is 31.4 Å². The summed E-state index contributed by atoms with van der Waals surface area (Å²) in [6, 6.07) is 14.6. The number of carbonyl (C=O) groups is 2. The minimum atomic E-state index is -1.08. The molecule has 11 heteroatoms. The summed E-state index contributed by atoms with van der Waals surface area (Å²) in [6.07, 6.45) is 1.60. The van der Waals surface area contributed by atoms with Crippen LogP contribution in [0, 0.1) is 0 Å². The number of carboxylic acid groups (broad SMARTS) is 1. The number of carboxylic acids is 1. The Bertz CT molecular complexity index is 1880. The van der Waals surface area contributed by atoms with Crippen molar-refractivity contribution in [1.82, 2.24) is 4.57 Å². The van der Waals surface area contributed by atoms with Crippen molar-refractivity contribution in [3.8, 4) is 11.3 Å². The van der Waals surface area contributed by atoms with Gasteiger partial charge in [0.05, 0.1) is 39.0 Å². The van der Waals surface area contributed by atoms with Crippen LogP contribution in [0.25, 0.3) is 17.4 Å². The van der Waals surface area contributed by atoms with Crippen molar-refractivity contribution in [2.24, 2.45) is 4.99 Å². The van der Waals surface area contributed by atoms with Crippen LogP contribution >= 0.6 is 22.9 Å². The summed E-state index contributed by atoms with van der Waals surface area (Å²) in [6.45, 7) is 3.65. The Morgan fingerprint density at radius 1 is 1.17 bits per heavy atom. The maximum Gasteiger partial charge on any atom is 0.338 e. The molecule has 0 spiro atoms. The molecule has 1 aliphatic heterocycles. The number of benzene rings is 2. The van der Waals surface area contributed by atoms with E-state index in [-0.39, 0.29) is 17.7 Å². The highest BCUT2D eigenvalue weighted by atomic mass is 35.5. The molecule has 0 aliphatic carbocycles. The maximum atomic E-state index is 13.8. The van der Waals surface area contributed by atoms with Crippen molar-refractivity contribution in [1.29, 1.82) is 0 Å². The van der Waals surface area contributed by atoms with Gasteiger partial charge in [-0.15, -0.1) is 0 Å². The van der Waals surface area contributed by atoms with Gasteiger partial charge in [-0.05, 0) is 61.9 Å². The molecule has 3 heterocycles. The topological polar surface area (TPSA) is 114 Å². The number of rotatable bonds is 7. The summed E-state index contributed by atoms with van der Waals surface area (Å²) in [5.41, 5.74) is 2.65. The molecule has 0 saturated carbocycles. The minimum absolute atomic E-state index is 0.0713. The molecule has 210 valence electrons. The third-order valence-corrected chi connectivity index (χ3v) is 7.93. The van der Waals surface area contributed by atoms with Gasteiger partial charge in [0.2, 0.25) is 0 Å². The molecule has 2 aromatic carbocycles. The molecule has 2 aromatic heterocycles. The highest BCUT2D eigenvalue weighted by Gasteiger charge is 2.33. The van der Waals surface area contributed by atoms with Crippen LogP contribution in [0.3, 0.4) is 0 Å². The highest BCUT2D eigenvalue weighted by molar-refractivity contribution is 7.07. The van der Waals surface area contributed by atoms with E-state index in [1.54, 1.807) is 32.1 Å². The predicted molar refractivity (Wildman–Crippen MR) is 157 cm³/mol. The number of nitrogens with zero attached hydrogens (tertiary/aromatic N) is 3. The quantitative estimate of drug-likeness (QED) is 0.315. The van der Waals surface area contributed by atoms with Gasteiger partial charge in [0.25, 0.3) is 5.56 Å². The van der Waals surface area contributed by atoms with Crippen molar-refractivity contribution in [2.45, 2.75) is 19.9 Å². The van der Waals surface area contributed by atoms with Gasteiger partial charge < -0.3 is 19.2 Å². The number of aromatic nitrogens is 1. The molecule has 1 atom stereocenters. The van der Waals surface area contributed by atoms with E-state index in [0.717, 1.165) is 11.3 Å². The number of ether oxygens (including phenoxy) is 1. The van der Waals surface area contributed by atoms with Gasteiger partial charge >= 0.3 is 11.9 Å². The van der Waals surface area contributed by atoms with E-state index < -0.39 is 18.0 Å². The number of carbonyl (C=O) groups excluding carboxylic acids is 1. The lowest BCUT2D eigenvalue weighted by atomic mass is 9.95. The van der Waals surface area contributed by atoms with E-state index >= 15 is 0 Å². The Morgan fingerprint density at radius 3 is 2.56 bits per heavy atom. The number of aromatic carboxylic acids is 1. The Balaban J connectivity index is 1.62. The molecule has 0 saturated heterocycles. The smallest absolute Gasteiger partial charge is 0.338 e. The lowest BCUT2D eigenvalue weighted by Gasteiger charge is -2.25. The van der Waals surface area contributed by atoms with Crippen molar-refractivity contribution >= 4 is 46.6 Å². The lowest BCUT2D eigenvalue weighted by molar-refractivity contribution is -0.139. The zero-order chi connectivity index (χ0) is 29.4. The molecule has 1 N–H and O–H groups in total. The summed E-state index contributed by atoms with van der Waals surface area (Å²) in [4.78, 5) is 45.3. The summed E-state index contributed by atoms with van der Waals surface area (Å²) in [5.74, 6) is -0.883. The average Bonchev–Trinajstić information content (AvgIpc) is 3.52. The second-order valence-corrected chi connectivity index (χ2v) is 10.9. The van der Waals surface area contributed by atoms with E-state index in [1.165, 1.54) is 34.1 Å². The van der Waals surface area contributed by atoms with Crippen LogP contribution in [0.5, 0.6) is 0 Å². The Morgan fingerprint density at radius 2 is 1.90 bits per heavy atom. The van der Waals surface area contributed by atoms with Gasteiger partial charge in [-0.3, -0.25) is 9.36 Å². The van der Waals surface area contributed by atoms with Gasteiger partial charge in [-0.25, -0.2) is 14.6 Å². The molecule has 0 amide bonds. The first-order chi connectivity index (χ1) is 19.6. The number of furan rings is 1. The SMILES string of the molecule is CCOC(=O)C1=C(C)N=c2s/c(=C\c3ccc(-c4cc(C(=O)O)ccc4Cl)o3)c(=O)n2[C@@H]1c1ccc(N(C)C)cc1. The van der Waals surface area contributed by atoms with Crippen molar-refractivity contribution in [3.63, 3.8) is 0 Å². The van der Waals surface area contributed by atoms with Crippen LogP contribution in [-0.4, -0.2) is 42.3 Å². The molecular weight excluding hydrogens is 566 g/mol. The largest absolute Gasteiger partial charge is 0.478 e. The van der Waals surface area contributed by atoms with Crippen molar-refractivity contribution < 1.29 is 23.8 Å². The number of thiazole rings is 1. The predicted octanol–water partition coefficient (Wildman–Crippen LogP) is 4.48. The molecule has 1 aliphatic rings. The maximum absolute atomic E-state index is 13.8. The minimum Gasteiger partial charge on any atom is -0.478 e. The second-order valence-electron chi connectivity index (χ2n) is 9.49. The van der Waals surface area contributed by atoms with Crippen molar-refractivity contribution in [2.75, 3.05) is 25.6 Å². The molecular formula is C30H26ClN3O6S. The molecule has 4 aromatic rings. The van der Waals surface area contributed by atoms with E-state index in [2.05, 4.69) is 4.99 Å². The Kier molecular flexibility index (Phi) is 7.70. The first kappa shape index (κ1) is 28.1. The summed E-state index contributed by atoms with van der Waals surface area (Å²) in [5, 5.41) is 9.67.